The minimum absolute atomic E-state index is 0.00894. The van der Waals surface area contributed by atoms with Crippen LogP contribution < -0.4 is 9.47 Å². The fraction of sp³-hybridized carbons (Fsp3) is 0.526. The average molecular weight is 404 g/mol. The topological polar surface area (TPSA) is 94.5 Å². The number of nitrogens with zero attached hydrogens (tertiary/aromatic N) is 4. The van der Waals surface area contributed by atoms with Crippen molar-refractivity contribution >= 4 is 10.0 Å². The Hall–Kier alpha value is -2.26. The predicted molar refractivity (Wildman–Crippen MR) is 103 cm³/mol. The molecule has 2 atom stereocenters. The van der Waals surface area contributed by atoms with Crippen LogP contribution in [-0.4, -0.2) is 52.1 Å². The summed E-state index contributed by atoms with van der Waals surface area (Å²) >= 11 is 0. The van der Waals surface area contributed by atoms with Crippen molar-refractivity contribution in [2.45, 2.75) is 57.7 Å². The third kappa shape index (κ3) is 3.68. The van der Waals surface area contributed by atoms with Gasteiger partial charge >= 0.3 is 0 Å². The first-order valence-corrected chi connectivity index (χ1v) is 11.2. The number of piperidine rings is 1. The Morgan fingerprint density at radius 1 is 1.07 bits per heavy atom. The average Bonchev–Trinajstić information content (AvgIpc) is 2.92. The van der Waals surface area contributed by atoms with Gasteiger partial charge in [-0.3, -0.25) is 4.98 Å². The number of ether oxygens (including phenoxy) is 2. The van der Waals surface area contributed by atoms with Crippen LogP contribution >= 0.6 is 0 Å². The summed E-state index contributed by atoms with van der Waals surface area (Å²) in [4.78, 5) is 12.7. The summed E-state index contributed by atoms with van der Waals surface area (Å²) < 4.78 is 37.8. The molecule has 0 unspecified atom stereocenters. The maximum absolute atomic E-state index is 12.1. The second-order valence-electron chi connectivity index (χ2n) is 7.49. The highest BCUT2D eigenvalue weighted by Gasteiger charge is 2.46. The summed E-state index contributed by atoms with van der Waals surface area (Å²) in [6.07, 6.45) is 7.46. The summed E-state index contributed by atoms with van der Waals surface area (Å²) in [5.41, 5.74) is 1.48. The minimum atomic E-state index is -3.19. The Kier molecular flexibility index (Phi) is 4.96. The zero-order chi connectivity index (χ0) is 19.9. The molecule has 2 fully saturated rings. The van der Waals surface area contributed by atoms with Crippen LogP contribution in [0, 0.1) is 13.8 Å². The van der Waals surface area contributed by atoms with Gasteiger partial charge in [0, 0.05) is 31.1 Å². The molecule has 0 aliphatic carbocycles. The molecule has 2 aromatic heterocycles. The number of hydrogen-bond acceptors (Lipinski definition) is 7. The van der Waals surface area contributed by atoms with Crippen LogP contribution in [-0.2, 0) is 10.0 Å². The number of rotatable bonds is 5. The van der Waals surface area contributed by atoms with Crippen LogP contribution in [0.1, 0.15) is 36.9 Å². The Balaban J connectivity index is 1.50. The van der Waals surface area contributed by atoms with Gasteiger partial charge in [0.05, 0.1) is 17.5 Å². The minimum Gasteiger partial charge on any atom is -0.474 e. The smallest absolute Gasteiger partial charge is 0.229 e. The van der Waals surface area contributed by atoms with E-state index in [1.54, 1.807) is 10.5 Å². The SMILES string of the molecule is Cc1ncccc1Oc1ncnc(OC2C[C@@H]3CC[C@@H](C2)N3S(C)(=O)=O)c1C. The van der Waals surface area contributed by atoms with Crippen molar-refractivity contribution in [3.63, 3.8) is 0 Å². The summed E-state index contributed by atoms with van der Waals surface area (Å²) in [6, 6.07) is 3.66. The number of sulfonamides is 1. The summed E-state index contributed by atoms with van der Waals surface area (Å²) in [6.45, 7) is 3.73. The highest BCUT2D eigenvalue weighted by atomic mass is 32.2. The van der Waals surface area contributed by atoms with Crippen LogP contribution in [0.3, 0.4) is 0 Å². The highest BCUT2D eigenvalue weighted by molar-refractivity contribution is 7.88. The van der Waals surface area contributed by atoms with Gasteiger partial charge in [0.15, 0.2) is 5.75 Å². The van der Waals surface area contributed by atoms with E-state index in [1.165, 1.54) is 12.6 Å². The van der Waals surface area contributed by atoms with Crippen molar-refractivity contribution in [2.75, 3.05) is 6.26 Å². The lowest BCUT2D eigenvalue weighted by Gasteiger charge is -2.36. The van der Waals surface area contributed by atoms with E-state index in [-0.39, 0.29) is 18.2 Å². The molecule has 2 aliphatic heterocycles. The molecule has 2 saturated heterocycles. The van der Waals surface area contributed by atoms with Crippen LogP contribution in [0.5, 0.6) is 17.5 Å². The molecule has 4 rings (SSSR count). The van der Waals surface area contributed by atoms with E-state index in [9.17, 15) is 8.42 Å². The van der Waals surface area contributed by atoms with E-state index in [2.05, 4.69) is 15.0 Å². The summed E-state index contributed by atoms with van der Waals surface area (Å²) in [7, 11) is -3.19. The van der Waals surface area contributed by atoms with Crippen molar-refractivity contribution in [1.82, 2.24) is 19.3 Å². The molecule has 28 heavy (non-hydrogen) atoms. The second kappa shape index (κ2) is 7.29. The number of aromatic nitrogens is 3. The first kappa shape index (κ1) is 19.1. The molecule has 2 aliphatic rings. The quantitative estimate of drug-likeness (QED) is 0.756. The standard InChI is InChI=1S/C19H24N4O4S/c1-12-18(21-11-22-19(12)27-17-5-4-8-20-13(17)2)26-16-9-14-6-7-15(10-16)23(14)28(3,24)25/h4-5,8,11,14-16H,6-7,9-10H2,1-3H3/t14-,15-/m0/s1. The van der Waals surface area contributed by atoms with Crippen LogP contribution in [0.25, 0.3) is 0 Å². The highest BCUT2D eigenvalue weighted by Crippen LogP contribution is 2.39. The normalized spacial score (nSPS) is 24.9. The third-order valence-corrected chi connectivity index (χ3v) is 6.80. The van der Waals surface area contributed by atoms with E-state index in [4.69, 9.17) is 9.47 Å². The molecular formula is C19H24N4O4S. The first-order valence-electron chi connectivity index (χ1n) is 9.39. The van der Waals surface area contributed by atoms with Gasteiger partial charge in [0.1, 0.15) is 12.4 Å². The largest absolute Gasteiger partial charge is 0.474 e. The lowest BCUT2D eigenvalue weighted by Crippen LogP contribution is -2.48. The molecule has 2 aromatic rings. The maximum atomic E-state index is 12.1. The van der Waals surface area contributed by atoms with Gasteiger partial charge in [-0.05, 0) is 38.8 Å². The van der Waals surface area contributed by atoms with Gasteiger partial charge in [-0.25, -0.2) is 18.4 Å². The van der Waals surface area contributed by atoms with E-state index in [0.29, 0.717) is 35.9 Å². The molecule has 0 spiro atoms. The van der Waals surface area contributed by atoms with Crippen molar-refractivity contribution < 1.29 is 17.9 Å². The van der Waals surface area contributed by atoms with Crippen molar-refractivity contribution in [3.05, 3.63) is 35.9 Å². The Labute approximate surface area is 165 Å². The number of fused-ring (bicyclic) bond motifs is 2. The lowest BCUT2D eigenvalue weighted by molar-refractivity contribution is 0.0911. The number of pyridine rings is 1. The van der Waals surface area contributed by atoms with Gasteiger partial charge in [-0.15, -0.1) is 0 Å². The fourth-order valence-electron chi connectivity index (χ4n) is 4.20. The maximum Gasteiger partial charge on any atom is 0.229 e. The van der Waals surface area contributed by atoms with E-state index >= 15 is 0 Å². The molecule has 4 heterocycles. The molecule has 0 amide bonds. The van der Waals surface area contributed by atoms with Gasteiger partial charge in [0.25, 0.3) is 0 Å². The first-order chi connectivity index (χ1) is 13.3. The monoisotopic (exact) mass is 404 g/mol. The molecule has 2 bridgehead atoms. The van der Waals surface area contributed by atoms with E-state index in [0.717, 1.165) is 18.5 Å². The third-order valence-electron chi connectivity index (χ3n) is 5.44. The fourth-order valence-corrected chi connectivity index (χ4v) is 5.67. The zero-order valence-corrected chi connectivity index (χ0v) is 17.0. The van der Waals surface area contributed by atoms with Crippen LogP contribution in [0.15, 0.2) is 24.7 Å². The summed E-state index contributed by atoms with van der Waals surface area (Å²) in [5.74, 6) is 1.54. The molecule has 150 valence electrons. The molecule has 0 saturated carbocycles. The molecule has 8 nitrogen and oxygen atoms in total. The summed E-state index contributed by atoms with van der Waals surface area (Å²) in [5, 5.41) is 0. The Bertz CT molecular complexity index is 968. The number of aryl methyl sites for hydroxylation is 1. The van der Waals surface area contributed by atoms with Gasteiger partial charge in [-0.1, -0.05) is 0 Å². The predicted octanol–water partition coefficient (Wildman–Crippen LogP) is 2.61. The number of hydrogen-bond donors (Lipinski definition) is 0. The molecule has 9 heteroatoms. The van der Waals surface area contributed by atoms with Crippen molar-refractivity contribution in [2.24, 2.45) is 0 Å². The van der Waals surface area contributed by atoms with E-state index in [1.807, 2.05) is 26.0 Å². The van der Waals surface area contributed by atoms with Crippen molar-refractivity contribution in [3.8, 4) is 17.5 Å². The Morgan fingerprint density at radius 2 is 1.75 bits per heavy atom. The molecule has 0 N–H and O–H groups in total. The Morgan fingerprint density at radius 3 is 2.39 bits per heavy atom. The van der Waals surface area contributed by atoms with Crippen molar-refractivity contribution in [1.29, 1.82) is 0 Å². The molecule has 0 radical (unpaired) electrons. The molecule has 0 aromatic carbocycles. The van der Waals surface area contributed by atoms with Gasteiger partial charge < -0.3 is 9.47 Å². The van der Waals surface area contributed by atoms with Gasteiger partial charge in [0.2, 0.25) is 21.8 Å². The molecular weight excluding hydrogens is 380 g/mol. The van der Waals surface area contributed by atoms with Crippen LogP contribution in [0.2, 0.25) is 0 Å². The zero-order valence-electron chi connectivity index (χ0n) is 16.2. The van der Waals surface area contributed by atoms with Crippen LogP contribution in [0.4, 0.5) is 0 Å². The van der Waals surface area contributed by atoms with Gasteiger partial charge in [-0.2, -0.15) is 4.31 Å². The second-order valence-corrected chi connectivity index (χ2v) is 9.37. The van der Waals surface area contributed by atoms with E-state index < -0.39 is 10.0 Å². The lowest BCUT2D eigenvalue weighted by atomic mass is 10.0.